The van der Waals surface area contributed by atoms with E-state index in [0.717, 1.165) is 34.6 Å². The van der Waals surface area contributed by atoms with Gasteiger partial charge in [-0.15, -0.1) is 0 Å². The third kappa shape index (κ3) is 4.27. The Morgan fingerprint density at radius 1 is 1.37 bits per heavy atom. The Bertz CT molecular complexity index is 542. The number of hydrogen-bond acceptors (Lipinski definition) is 3. The van der Waals surface area contributed by atoms with Crippen LogP contribution >= 0.6 is 27.5 Å². The lowest BCUT2D eigenvalue weighted by molar-refractivity contribution is 0.269. The van der Waals surface area contributed by atoms with Gasteiger partial charge in [0.2, 0.25) is 0 Å². The summed E-state index contributed by atoms with van der Waals surface area (Å²) >= 11 is 9.28. The standard InChI is InChI=1S/C14H15BrClNO2/c1-2-17-7-10-5-12(18-8-10)9-19-14-4-3-11(16)6-13(14)15/h3-6,8,17H,2,7,9H2,1H3. The number of furan rings is 1. The second-order valence-corrected chi connectivity index (χ2v) is 5.36. The van der Waals surface area contributed by atoms with E-state index < -0.39 is 0 Å². The molecule has 2 rings (SSSR count). The molecule has 19 heavy (non-hydrogen) atoms. The van der Waals surface area contributed by atoms with Crippen LogP contribution in [-0.2, 0) is 13.2 Å². The Labute approximate surface area is 126 Å². The quantitative estimate of drug-likeness (QED) is 0.844. The first kappa shape index (κ1) is 14.4. The van der Waals surface area contributed by atoms with E-state index in [1.54, 1.807) is 18.4 Å². The summed E-state index contributed by atoms with van der Waals surface area (Å²) in [5.41, 5.74) is 1.12. The SMILES string of the molecule is CCNCc1coc(COc2ccc(Cl)cc2Br)c1. The van der Waals surface area contributed by atoms with Crippen molar-refractivity contribution >= 4 is 27.5 Å². The highest BCUT2D eigenvalue weighted by molar-refractivity contribution is 9.10. The molecule has 102 valence electrons. The van der Waals surface area contributed by atoms with E-state index in [-0.39, 0.29) is 0 Å². The number of hydrogen-bond donors (Lipinski definition) is 1. The zero-order valence-corrected chi connectivity index (χ0v) is 12.9. The van der Waals surface area contributed by atoms with Gasteiger partial charge in [0, 0.05) is 17.1 Å². The van der Waals surface area contributed by atoms with Gasteiger partial charge in [-0.25, -0.2) is 0 Å². The highest BCUT2D eigenvalue weighted by atomic mass is 79.9. The molecule has 0 atom stereocenters. The molecule has 1 aromatic heterocycles. The lowest BCUT2D eigenvalue weighted by Crippen LogP contribution is -2.10. The van der Waals surface area contributed by atoms with Crippen LogP contribution in [0.25, 0.3) is 0 Å². The van der Waals surface area contributed by atoms with E-state index in [2.05, 4.69) is 28.2 Å². The smallest absolute Gasteiger partial charge is 0.146 e. The van der Waals surface area contributed by atoms with Crippen molar-refractivity contribution in [2.24, 2.45) is 0 Å². The molecular formula is C14H15BrClNO2. The number of benzene rings is 1. The summed E-state index contributed by atoms with van der Waals surface area (Å²) in [6.45, 7) is 4.22. The summed E-state index contributed by atoms with van der Waals surface area (Å²) in [6, 6.07) is 7.41. The molecule has 0 saturated carbocycles. The van der Waals surface area contributed by atoms with Gasteiger partial charge in [-0.1, -0.05) is 18.5 Å². The van der Waals surface area contributed by atoms with Crippen LogP contribution in [0.5, 0.6) is 5.75 Å². The number of rotatable bonds is 6. The third-order valence-corrected chi connectivity index (χ3v) is 3.41. The normalized spacial score (nSPS) is 10.7. The molecule has 0 amide bonds. The van der Waals surface area contributed by atoms with Crippen LogP contribution in [0.15, 0.2) is 39.4 Å². The maximum Gasteiger partial charge on any atom is 0.146 e. The average molecular weight is 345 g/mol. The van der Waals surface area contributed by atoms with Gasteiger partial charge in [0.05, 0.1) is 10.7 Å². The Hall–Kier alpha value is -0.970. The van der Waals surface area contributed by atoms with Gasteiger partial charge < -0.3 is 14.5 Å². The van der Waals surface area contributed by atoms with Crippen molar-refractivity contribution in [3.63, 3.8) is 0 Å². The first-order chi connectivity index (χ1) is 9.19. The Morgan fingerprint density at radius 2 is 2.21 bits per heavy atom. The Morgan fingerprint density at radius 3 is 2.95 bits per heavy atom. The minimum absolute atomic E-state index is 0.395. The summed E-state index contributed by atoms with van der Waals surface area (Å²) in [5.74, 6) is 1.55. The van der Waals surface area contributed by atoms with Gasteiger partial charge in [-0.3, -0.25) is 0 Å². The van der Waals surface area contributed by atoms with Gasteiger partial charge in [-0.2, -0.15) is 0 Å². The molecule has 1 aromatic carbocycles. The van der Waals surface area contributed by atoms with Crippen LogP contribution < -0.4 is 10.1 Å². The van der Waals surface area contributed by atoms with Crippen LogP contribution in [-0.4, -0.2) is 6.54 Å². The lowest BCUT2D eigenvalue weighted by Gasteiger charge is -2.06. The molecule has 0 radical (unpaired) electrons. The highest BCUT2D eigenvalue weighted by Gasteiger charge is 2.05. The van der Waals surface area contributed by atoms with Gasteiger partial charge >= 0.3 is 0 Å². The van der Waals surface area contributed by atoms with E-state index in [4.69, 9.17) is 20.8 Å². The van der Waals surface area contributed by atoms with Crippen LogP contribution in [0.3, 0.4) is 0 Å². The predicted octanol–water partition coefficient (Wildman–Crippen LogP) is 4.38. The van der Waals surface area contributed by atoms with Gasteiger partial charge in [0.15, 0.2) is 0 Å². The van der Waals surface area contributed by atoms with Crippen LogP contribution in [0.1, 0.15) is 18.2 Å². The average Bonchev–Trinajstić information content (AvgIpc) is 2.83. The molecule has 0 spiro atoms. The molecule has 0 aliphatic rings. The van der Waals surface area contributed by atoms with Crippen LogP contribution in [0.2, 0.25) is 5.02 Å². The summed E-state index contributed by atoms with van der Waals surface area (Å²) in [5, 5.41) is 3.92. The van der Waals surface area contributed by atoms with E-state index in [1.807, 2.05) is 12.1 Å². The maximum atomic E-state index is 5.87. The fourth-order valence-corrected chi connectivity index (χ4v) is 2.40. The van der Waals surface area contributed by atoms with Crippen molar-refractivity contribution in [3.05, 3.63) is 51.3 Å². The van der Waals surface area contributed by atoms with Gasteiger partial charge in [0.25, 0.3) is 0 Å². The van der Waals surface area contributed by atoms with Crippen molar-refractivity contribution < 1.29 is 9.15 Å². The predicted molar refractivity (Wildman–Crippen MR) is 79.6 cm³/mol. The molecule has 0 unspecified atom stereocenters. The summed E-state index contributed by atoms with van der Waals surface area (Å²) in [7, 11) is 0. The van der Waals surface area contributed by atoms with Crippen molar-refractivity contribution in [3.8, 4) is 5.75 Å². The minimum atomic E-state index is 0.395. The van der Waals surface area contributed by atoms with E-state index in [1.165, 1.54) is 0 Å². The fourth-order valence-electron chi connectivity index (χ4n) is 1.61. The maximum absolute atomic E-state index is 5.87. The van der Waals surface area contributed by atoms with Crippen molar-refractivity contribution in [1.29, 1.82) is 0 Å². The molecule has 2 aromatic rings. The Balaban J connectivity index is 1.92. The second-order valence-electron chi connectivity index (χ2n) is 4.07. The molecule has 0 bridgehead atoms. The molecule has 0 aliphatic carbocycles. The van der Waals surface area contributed by atoms with Crippen molar-refractivity contribution in [2.75, 3.05) is 6.54 Å². The summed E-state index contributed by atoms with van der Waals surface area (Å²) in [6.07, 6.45) is 1.75. The summed E-state index contributed by atoms with van der Waals surface area (Å²) < 4.78 is 11.9. The second kappa shape index (κ2) is 6.98. The van der Waals surface area contributed by atoms with Gasteiger partial charge in [-0.05, 0) is 46.7 Å². The topological polar surface area (TPSA) is 34.4 Å². The largest absolute Gasteiger partial charge is 0.484 e. The first-order valence-corrected chi connectivity index (χ1v) is 7.21. The van der Waals surface area contributed by atoms with Crippen LogP contribution in [0, 0.1) is 0 Å². The molecular weight excluding hydrogens is 330 g/mol. The zero-order valence-electron chi connectivity index (χ0n) is 10.6. The highest BCUT2D eigenvalue weighted by Crippen LogP contribution is 2.28. The van der Waals surface area contributed by atoms with E-state index in [0.29, 0.717) is 11.6 Å². The van der Waals surface area contributed by atoms with Crippen LogP contribution in [0.4, 0.5) is 0 Å². The first-order valence-electron chi connectivity index (χ1n) is 6.04. The Kier molecular flexibility index (Phi) is 5.31. The number of halogens is 2. The third-order valence-electron chi connectivity index (χ3n) is 2.55. The summed E-state index contributed by atoms with van der Waals surface area (Å²) in [4.78, 5) is 0. The zero-order chi connectivity index (χ0) is 13.7. The molecule has 1 N–H and O–H groups in total. The number of ether oxygens (including phenoxy) is 1. The van der Waals surface area contributed by atoms with E-state index >= 15 is 0 Å². The van der Waals surface area contributed by atoms with Gasteiger partial charge in [0.1, 0.15) is 18.1 Å². The van der Waals surface area contributed by atoms with E-state index in [9.17, 15) is 0 Å². The monoisotopic (exact) mass is 343 g/mol. The van der Waals surface area contributed by atoms with Crippen molar-refractivity contribution in [2.45, 2.75) is 20.1 Å². The molecule has 0 saturated heterocycles. The van der Waals surface area contributed by atoms with Crippen molar-refractivity contribution in [1.82, 2.24) is 5.32 Å². The number of nitrogens with one attached hydrogen (secondary N) is 1. The fraction of sp³-hybridized carbons (Fsp3) is 0.286. The molecule has 5 heteroatoms. The molecule has 3 nitrogen and oxygen atoms in total. The minimum Gasteiger partial charge on any atom is -0.484 e. The lowest BCUT2D eigenvalue weighted by atomic mass is 10.3. The molecule has 1 heterocycles. The molecule has 0 fully saturated rings. The molecule has 0 aliphatic heterocycles.